The molecule has 0 N–H and O–H groups in total. The van der Waals surface area contributed by atoms with Gasteiger partial charge in [0, 0.05) is 6.20 Å². The van der Waals surface area contributed by atoms with E-state index in [1.54, 1.807) is 24.4 Å². The maximum Gasteiger partial charge on any atom is 0.314 e. The summed E-state index contributed by atoms with van der Waals surface area (Å²) >= 11 is 0. The summed E-state index contributed by atoms with van der Waals surface area (Å²) in [7, 11) is 1.45. The van der Waals surface area contributed by atoms with Crippen molar-refractivity contribution in [2.24, 2.45) is 0 Å². The van der Waals surface area contributed by atoms with E-state index in [0.717, 1.165) is 0 Å². The molecule has 0 aliphatic carbocycles. The van der Waals surface area contributed by atoms with Crippen LogP contribution in [0.15, 0.2) is 42.6 Å². The molecule has 6 heteroatoms. The van der Waals surface area contributed by atoms with Crippen molar-refractivity contribution < 1.29 is 14.4 Å². The van der Waals surface area contributed by atoms with E-state index in [4.69, 9.17) is 9.47 Å². The molecule has 1 heterocycles. The van der Waals surface area contributed by atoms with E-state index in [0.29, 0.717) is 11.4 Å². The smallest absolute Gasteiger partial charge is 0.314 e. The van der Waals surface area contributed by atoms with Crippen LogP contribution in [0.3, 0.4) is 0 Å². The molecular formula is C13H12N2O4. The van der Waals surface area contributed by atoms with Crippen molar-refractivity contribution in [3.63, 3.8) is 0 Å². The Morgan fingerprint density at radius 2 is 2.16 bits per heavy atom. The van der Waals surface area contributed by atoms with Crippen molar-refractivity contribution >= 4 is 5.69 Å². The molecule has 0 aliphatic rings. The summed E-state index contributed by atoms with van der Waals surface area (Å²) in [6, 6.07) is 9.86. The SMILES string of the molecule is COc1ccc(OCc2ccccn2)c([N+](=O)[O-])c1. The van der Waals surface area contributed by atoms with Gasteiger partial charge in [-0.3, -0.25) is 15.1 Å². The van der Waals surface area contributed by atoms with Crippen LogP contribution < -0.4 is 9.47 Å². The topological polar surface area (TPSA) is 74.5 Å². The third-order valence-electron chi connectivity index (χ3n) is 2.46. The van der Waals surface area contributed by atoms with Crippen molar-refractivity contribution in [2.45, 2.75) is 6.61 Å². The normalized spacial score (nSPS) is 9.95. The van der Waals surface area contributed by atoms with Crippen LogP contribution >= 0.6 is 0 Å². The molecule has 0 fully saturated rings. The molecule has 0 saturated carbocycles. The molecule has 2 aromatic rings. The highest BCUT2D eigenvalue weighted by Gasteiger charge is 2.16. The van der Waals surface area contributed by atoms with E-state index in [-0.39, 0.29) is 18.0 Å². The Bertz CT molecular complexity index is 572. The first-order valence-electron chi connectivity index (χ1n) is 5.56. The van der Waals surface area contributed by atoms with E-state index in [2.05, 4.69) is 4.98 Å². The first-order valence-corrected chi connectivity index (χ1v) is 5.56. The van der Waals surface area contributed by atoms with Crippen LogP contribution in [0.25, 0.3) is 0 Å². The molecule has 0 saturated heterocycles. The van der Waals surface area contributed by atoms with Crippen molar-refractivity contribution in [1.82, 2.24) is 4.98 Å². The zero-order valence-corrected chi connectivity index (χ0v) is 10.3. The maximum absolute atomic E-state index is 11.0. The van der Waals surface area contributed by atoms with Crippen molar-refractivity contribution in [2.75, 3.05) is 7.11 Å². The monoisotopic (exact) mass is 260 g/mol. The highest BCUT2D eigenvalue weighted by molar-refractivity contribution is 5.50. The molecule has 0 amide bonds. The lowest BCUT2D eigenvalue weighted by atomic mass is 10.3. The zero-order chi connectivity index (χ0) is 13.7. The Balaban J connectivity index is 2.18. The summed E-state index contributed by atoms with van der Waals surface area (Å²) < 4.78 is 10.4. The Labute approximate surface area is 109 Å². The number of benzene rings is 1. The van der Waals surface area contributed by atoms with Crippen LogP contribution in [-0.2, 0) is 6.61 Å². The fraction of sp³-hybridized carbons (Fsp3) is 0.154. The standard InChI is InChI=1S/C13H12N2O4/c1-18-11-5-6-13(12(8-11)15(16)17)19-9-10-4-2-3-7-14-10/h2-8H,9H2,1H3. The molecule has 0 aliphatic heterocycles. The number of hydrogen-bond acceptors (Lipinski definition) is 5. The van der Waals surface area contributed by atoms with E-state index in [9.17, 15) is 10.1 Å². The van der Waals surface area contributed by atoms with Gasteiger partial charge < -0.3 is 9.47 Å². The average Bonchev–Trinajstić information content (AvgIpc) is 2.46. The Morgan fingerprint density at radius 3 is 2.79 bits per heavy atom. The molecule has 0 spiro atoms. The first-order chi connectivity index (χ1) is 9.20. The lowest BCUT2D eigenvalue weighted by Crippen LogP contribution is -2.00. The lowest BCUT2D eigenvalue weighted by Gasteiger charge is -2.07. The summed E-state index contributed by atoms with van der Waals surface area (Å²) in [4.78, 5) is 14.5. The van der Waals surface area contributed by atoms with E-state index >= 15 is 0 Å². The number of rotatable bonds is 5. The van der Waals surface area contributed by atoms with E-state index in [1.165, 1.54) is 19.2 Å². The third-order valence-corrected chi connectivity index (χ3v) is 2.46. The number of hydrogen-bond donors (Lipinski definition) is 0. The molecule has 2 rings (SSSR count). The van der Waals surface area contributed by atoms with Crippen LogP contribution in [0.2, 0.25) is 0 Å². The molecule has 1 aromatic carbocycles. The van der Waals surface area contributed by atoms with Crippen LogP contribution in [0.1, 0.15) is 5.69 Å². The number of methoxy groups -OCH3 is 1. The number of ether oxygens (including phenoxy) is 2. The van der Waals surface area contributed by atoms with Crippen molar-refractivity contribution in [1.29, 1.82) is 0 Å². The van der Waals surface area contributed by atoms with Gasteiger partial charge in [-0.1, -0.05) is 6.07 Å². The third kappa shape index (κ3) is 3.19. The summed E-state index contributed by atoms with van der Waals surface area (Å²) in [5.41, 5.74) is 0.572. The summed E-state index contributed by atoms with van der Waals surface area (Å²) in [6.45, 7) is 0.175. The fourth-order valence-corrected chi connectivity index (χ4v) is 1.52. The van der Waals surface area contributed by atoms with Gasteiger partial charge in [0.2, 0.25) is 0 Å². The van der Waals surface area contributed by atoms with Crippen molar-refractivity contribution in [3.8, 4) is 11.5 Å². The van der Waals surface area contributed by atoms with E-state index in [1.807, 2.05) is 6.07 Å². The lowest BCUT2D eigenvalue weighted by molar-refractivity contribution is -0.386. The van der Waals surface area contributed by atoms with Gasteiger partial charge in [-0.05, 0) is 24.3 Å². The van der Waals surface area contributed by atoms with Gasteiger partial charge >= 0.3 is 5.69 Å². The van der Waals surface area contributed by atoms with Gasteiger partial charge in [-0.15, -0.1) is 0 Å². The van der Waals surface area contributed by atoms with E-state index < -0.39 is 4.92 Å². The highest BCUT2D eigenvalue weighted by atomic mass is 16.6. The van der Waals surface area contributed by atoms with Gasteiger partial charge in [-0.25, -0.2) is 0 Å². The van der Waals surface area contributed by atoms with Gasteiger partial charge in [-0.2, -0.15) is 0 Å². The predicted molar refractivity (Wildman–Crippen MR) is 68.2 cm³/mol. The number of nitrogens with zero attached hydrogens (tertiary/aromatic N) is 2. The fourth-order valence-electron chi connectivity index (χ4n) is 1.52. The molecule has 0 atom stereocenters. The zero-order valence-electron chi connectivity index (χ0n) is 10.3. The number of nitro benzene ring substituents is 1. The predicted octanol–water partition coefficient (Wildman–Crippen LogP) is 2.58. The largest absolute Gasteiger partial charge is 0.496 e. The molecule has 1 aromatic heterocycles. The quantitative estimate of drug-likeness (QED) is 0.610. The Hall–Kier alpha value is -2.63. The molecular weight excluding hydrogens is 248 g/mol. The van der Waals surface area contributed by atoms with Crippen LogP contribution in [0.5, 0.6) is 11.5 Å². The number of nitro groups is 1. The molecule has 19 heavy (non-hydrogen) atoms. The highest BCUT2D eigenvalue weighted by Crippen LogP contribution is 2.31. The molecule has 6 nitrogen and oxygen atoms in total. The average molecular weight is 260 g/mol. The first kappa shape index (κ1) is 12.8. The summed E-state index contributed by atoms with van der Waals surface area (Å²) in [6.07, 6.45) is 1.64. The minimum absolute atomic E-state index is 0.129. The second-order valence-electron chi connectivity index (χ2n) is 3.70. The van der Waals surface area contributed by atoms with Gasteiger partial charge in [0.1, 0.15) is 12.4 Å². The minimum Gasteiger partial charge on any atom is -0.496 e. The molecule has 0 unspecified atom stereocenters. The molecule has 0 radical (unpaired) electrons. The summed E-state index contributed by atoms with van der Waals surface area (Å²) in [5.74, 6) is 0.605. The Morgan fingerprint density at radius 1 is 1.32 bits per heavy atom. The van der Waals surface area contributed by atoms with Crippen LogP contribution in [0.4, 0.5) is 5.69 Å². The minimum atomic E-state index is -0.504. The maximum atomic E-state index is 11.0. The second-order valence-corrected chi connectivity index (χ2v) is 3.70. The van der Waals surface area contributed by atoms with Gasteiger partial charge in [0.25, 0.3) is 0 Å². The van der Waals surface area contributed by atoms with Crippen LogP contribution in [-0.4, -0.2) is 17.0 Å². The second kappa shape index (κ2) is 5.81. The van der Waals surface area contributed by atoms with Gasteiger partial charge in [0.05, 0.1) is 23.8 Å². The molecule has 0 bridgehead atoms. The molecule has 98 valence electrons. The Kier molecular flexibility index (Phi) is 3.92. The number of pyridine rings is 1. The number of aromatic nitrogens is 1. The van der Waals surface area contributed by atoms with Gasteiger partial charge in [0.15, 0.2) is 5.75 Å². The van der Waals surface area contributed by atoms with Crippen LogP contribution in [0, 0.1) is 10.1 Å². The summed E-state index contributed by atoms with van der Waals surface area (Å²) in [5, 5.41) is 11.0. The van der Waals surface area contributed by atoms with Crippen molar-refractivity contribution in [3.05, 3.63) is 58.4 Å².